The highest BCUT2D eigenvalue weighted by atomic mass is 33.1. The van der Waals surface area contributed by atoms with E-state index in [1.807, 2.05) is 40.3 Å². The van der Waals surface area contributed by atoms with Crippen LogP contribution in [0.25, 0.3) is 0 Å². The Kier molecular flexibility index (Phi) is 5.56. The zero-order valence-corrected chi connectivity index (χ0v) is 11.1. The fourth-order valence-corrected chi connectivity index (χ4v) is 3.36. The third-order valence-electron chi connectivity index (χ3n) is 2.17. The van der Waals surface area contributed by atoms with Gasteiger partial charge in [-0.25, -0.2) is 0 Å². The summed E-state index contributed by atoms with van der Waals surface area (Å²) in [6.07, 6.45) is 0. The number of rotatable bonds is 2. The minimum absolute atomic E-state index is 0.136. The third kappa shape index (κ3) is 3.59. The van der Waals surface area contributed by atoms with Gasteiger partial charge in [0, 0.05) is 24.6 Å². The Hall–Kier alpha value is 0.520. The van der Waals surface area contributed by atoms with Crippen molar-refractivity contribution < 1.29 is 4.79 Å². The van der Waals surface area contributed by atoms with Crippen LogP contribution >= 0.6 is 34.2 Å². The zero-order chi connectivity index (χ0) is 10.6. The molecule has 1 amide bonds. The van der Waals surface area contributed by atoms with Crippen molar-refractivity contribution in [2.24, 2.45) is 5.92 Å². The highest BCUT2D eigenvalue weighted by molar-refractivity contribution is 8.76. The minimum atomic E-state index is -0.136. The molecule has 1 fully saturated rings. The topological polar surface area (TPSA) is 20.3 Å². The lowest BCUT2D eigenvalue weighted by atomic mass is 10.1. The fraction of sp³-hybridized carbons (Fsp3) is 0.889. The van der Waals surface area contributed by atoms with E-state index >= 15 is 0 Å². The summed E-state index contributed by atoms with van der Waals surface area (Å²) < 4.78 is 0. The van der Waals surface area contributed by atoms with Gasteiger partial charge in [0.25, 0.3) is 0 Å². The van der Waals surface area contributed by atoms with E-state index in [9.17, 15) is 4.79 Å². The van der Waals surface area contributed by atoms with E-state index in [2.05, 4.69) is 12.6 Å². The highest BCUT2D eigenvalue weighted by Crippen LogP contribution is 2.25. The van der Waals surface area contributed by atoms with Crippen LogP contribution in [0.2, 0.25) is 0 Å². The average Bonchev–Trinajstić information content (AvgIpc) is 2.43. The predicted octanol–water partition coefficient (Wildman–Crippen LogP) is 2.16. The molecular formula is C9H17NOS3. The molecule has 2 nitrogen and oxygen atoms in total. The van der Waals surface area contributed by atoms with Gasteiger partial charge in [0.15, 0.2) is 0 Å². The van der Waals surface area contributed by atoms with Crippen LogP contribution in [0, 0.1) is 5.92 Å². The molecule has 1 rings (SSSR count). The maximum absolute atomic E-state index is 11.9. The van der Waals surface area contributed by atoms with E-state index in [-0.39, 0.29) is 11.2 Å². The van der Waals surface area contributed by atoms with Crippen molar-refractivity contribution >= 4 is 40.1 Å². The Morgan fingerprint density at radius 3 is 2.21 bits per heavy atom. The molecule has 1 aliphatic heterocycles. The number of amides is 1. The number of carbonyl (C=O) groups is 1. The van der Waals surface area contributed by atoms with Gasteiger partial charge in [-0.15, -0.1) is 0 Å². The van der Waals surface area contributed by atoms with Gasteiger partial charge in [-0.1, -0.05) is 35.4 Å². The molecule has 14 heavy (non-hydrogen) atoms. The van der Waals surface area contributed by atoms with Gasteiger partial charge in [-0.05, 0) is 5.92 Å². The molecule has 1 atom stereocenters. The summed E-state index contributed by atoms with van der Waals surface area (Å²) in [5.74, 6) is 2.59. The van der Waals surface area contributed by atoms with Gasteiger partial charge < -0.3 is 4.90 Å². The summed E-state index contributed by atoms with van der Waals surface area (Å²) in [4.78, 5) is 13.9. The van der Waals surface area contributed by atoms with Gasteiger partial charge in [0.05, 0.1) is 5.25 Å². The quantitative estimate of drug-likeness (QED) is 0.600. The van der Waals surface area contributed by atoms with E-state index in [0.29, 0.717) is 5.92 Å². The monoisotopic (exact) mass is 251 g/mol. The molecule has 82 valence electrons. The molecule has 5 heteroatoms. The fourth-order valence-electron chi connectivity index (χ4n) is 1.22. The molecule has 1 heterocycles. The highest BCUT2D eigenvalue weighted by Gasteiger charge is 2.24. The molecule has 0 spiro atoms. The summed E-state index contributed by atoms with van der Waals surface area (Å²) in [6, 6.07) is 0. The lowest BCUT2D eigenvalue weighted by molar-refractivity contribution is -0.130. The van der Waals surface area contributed by atoms with Crippen molar-refractivity contribution in [3.63, 3.8) is 0 Å². The first-order chi connectivity index (χ1) is 6.63. The molecule has 0 N–H and O–H groups in total. The molecule has 0 aromatic heterocycles. The van der Waals surface area contributed by atoms with Gasteiger partial charge in [0.1, 0.15) is 0 Å². The summed E-state index contributed by atoms with van der Waals surface area (Å²) in [6.45, 7) is 5.83. The standard InChI is InChI=1S/C9H17NOS3/c1-7(2)8(12)9(11)10-3-5-13-14-6-4-10/h7-8,12H,3-6H2,1-2H3. The van der Waals surface area contributed by atoms with Crippen molar-refractivity contribution in [3.05, 3.63) is 0 Å². The summed E-state index contributed by atoms with van der Waals surface area (Å²) in [5, 5.41) is -0.136. The van der Waals surface area contributed by atoms with Crippen molar-refractivity contribution in [2.45, 2.75) is 19.1 Å². The van der Waals surface area contributed by atoms with E-state index < -0.39 is 0 Å². The molecule has 0 aromatic rings. The molecule has 1 saturated heterocycles. The van der Waals surface area contributed by atoms with Crippen molar-refractivity contribution in [3.8, 4) is 0 Å². The largest absolute Gasteiger partial charge is 0.340 e. The van der Waals surface area contributed by atoms with Crippen LogP contribution in [0.1, 0.15) is 13.8 Å². The van der Waals surface area contributed by atoms with Crippen LogP contribution in [0.15, 0.2) is 0 Å². The van der Waals surface area contributed by atoms with Crippen LogP contribution in [0.3, 0.4) is 0 Å². The molecule has 0 aliphatic carbocycles. The number of nitrogens with zero attached hydrogens (tertiary/aromatic N) is 1. The predicted molar refractivity (Wildman–Crippen MR) is 69.1 cm³/mol. The van der Waals surface area contributed by atoms with E-state index in [1.54, 1.807) is 0 Å². The molecular weight excluding hydrogens is 234 g/mol. The first-order valence-electron chi connectivity index (χ1n) is 4.84. The van der Waals surface area contributed by atoms with Crippen molar-refractivity contribution in [1.82, 2.24) is 4.90 Å². The first kappa shape index (κ1) is 12.6. The molecule has 0 radical (unpaired) electrons. The molecule has 1 unspecified atom stereocenters. The molecule has 0 aromatic carbocycles. The Labute approximate surface area is 99.4 Å². The van der Waals surface area contributed by atoms with Crippen molar-refractivity contribution in [2.75, 3.05) is 24.6 Å². The Balaban J connectivity index is 2.49. The van der Waals surface area contributed by atoms with E-state index in [0.717, 1.165) is 24.6 Å². The lowest BCUT2D eigenvalue weighted by Crippen LogP contribution is -2.40. The Morgan fingerprint density at radius 2 is 1.79 bits per heavy atom. The number of hydrogen-bond donors (Lipinski definition) is 1. The Bertz CT molecular complexity index is 190. The van der Waals surface area contributed by atoms with Gasteiger partial charge in [-0.2, -0.15) is 12.6 Å². The van der Waals surface area contributed by atoms with Crippen LogP contribution in [0.4, 0.5) is 0 Å². The summed E-state index contributed by atoms with van der Waals surface area (Å²) in [5.41, 5.74) is 0. The first-order valence-corrected chi connectivity index (χ1v) is 7.84. The van der Waals surface area contributed by atoms with Crippen LogP contribution < -0.4 is 0 Å². The van der Waals surface area contributed by atoms with Gasteiger partial charge >= 0.3 is 0 Å². The second-order valence-corrected chi connectivity index (χ2v) is 6.92. The molecule has 1 aliphatic rings. The normalized spacial score (nSPS) is 20.7. The summed E-state index contributed by atoms with van der Waals surface area (Å²) >= 11 is 4.36. The average molecular weight is 251 g/mol. The Morgan fingerprint density at radius 1 is 1.29 bits per heavy atom. The van der Waals surface area contributed by atoms with Crippen molar-refractivity contribution in [1.29, 1.82) is 0 Å². The smallest absolute Gasteiger partial charge is 0.235 e. The maximum Gasteiger partial charge on any atom is 0.235 e. The minimum Gasteiger partial charge on any atom is -0.340 e. The number of thiol groups is 1. The second kappa shape index (κ2) is 6.18. The van der Waals surface area contributed by atoms with Gasteiger partial charge in [0.2, 0.25) is 5.91 Å². The second-order valence-electron chi connectivity index (χ2n) is 3.66. The van der Waals surface area contributed by atoms with Crippen LogP contribution in [-0.4, -0.2) is 40.7 Å². The lowest BCUT2D eigenvalue weighted by Gasteiger charge is -2.24. The molecule has 0 bridgehead atoms. The van der Waals surface area contributed by atoms with E-state index in [1.165, 1.54) is 0 Å². The zero-order valence-electron chi connectivity index (χ0n) is 8.60. The third-order valence-corrected chi connectivity index (χ3v) is 5.35. The number of hydrogen-bond acceptors (Lipinski definition) is 4. The maximum atomic E-state index is 11.9. The van der Waals surface area contributed by atoms with Crippen LogP contribution in [0.5, 0.6) is 0 Å². The number of carbonyl (C=O) groups excluding carboxylic acids is 1. The molecule has 0 saturated carbocycles. The van der Waals surface area contributed by atoms with Crippen LogP contribution in [-0.2, 0) is 4.79 Å². The van der Waals surface area contributed by atoms with E-state index in [4.69, 9.17) is 0 Å². The van der Waals surface area contributed by atoms with Gasteiger partial charge in [-0.3, -0.25) is 4.79 Å². The summed E-state index contributed by atoms with van der Waals surface area (Å²) in [7, 11) is 3.71. The SMILES string of the molecule is CC(C)C(S)C(=O)N1CCSSCC1.